The Labute approximate surface area is 75.7 Å². The molecular weight excluding hydrogens is 144 g/mol. The van der Waals surface area contributed by atoms with Crippen LogP contribution in [0.2, 0.25) is 0 Å². The number of hydrogen-bond donors (Lipinski definition) is 0. The van der Waals surface area contributed by atoms with E-state index < -0.39 is 0 Å². The first kappa shape index (κ1) is 9.31. The van der Waals surface area contributed by atoms with Crippen molar-refractivity contribution >= 4 is 0 Å². The molecule has 0 heterocycles. The molecule has 1 rings (SSSR count). The summed E-state index contributed by atoms with van der Waals surface area (Å²) < 4.78 is 0. The third-order valence-electron chi connectivity index (χ3n) is 1.99. The Bertz CT molecular complexity index is 184. The van der Waals surface area contributed by atoms with Crippen LogP contribution in [0.15, 0.2) is 36.5 Å². The second kappa shape index (κ2) is 5.82. The molecule has 0 aromatic carbocycles. The van der Waals surface area contributed by atoms with Gasteiger partial charge in [-0.15, -0.1) is 0 Å². The van der Waals surface area contributed by atoms with Gasteiger partial charge in [0.25, 0.3) is 0 Å². The van der Waals surface area contributed by atoms with Crippen molar-refractivity contribution in [1.29, 1.82) is 0 Å². The zero-order chi connectivity index (χ0) is 8.65. The molecule has 1 aliphatic carbocycles. The van der Waals surface area contributed by atoms with E-state index in [1.54, 1.807) is 5.92 Å². The van der Waals surface area contributed by atoms with Crippen LogP contribution >= 0.6 is 0 Å². The molecule has 0 nitrogen and oxygen atoms in total. The van der Waals surface area contributed by atoms with Gasteiger partial charge in [0.05, 0.1) is 0 Å². The summed E-state index contributed by atoms with van der Waals surface area (Å²) in [6.07, 6.45) is 17.9. The molecule has 0 saturated heterocycles. The van der Waals surface area contributed by atoms with Gasteiger partial charge in [-0.05, 0) is 25.7 Å². The molecule has 0 aromatic rings. The van der Waals surface area contributed by atoms with Crippen molar-refractivity contribution < 1.29 is 0 Å². The summed E-state index contributed by atoms with van der Waals surface area (Å²) in [5.41, 5.74) is 0. The van der Waals surface area contributed by atoms with Crippen LogP contribution in [0.3, 0.4) is 0 Å². The topological polar surface area (TPSA) is 0 Å². The molecular formula is C12H17. The second-order valence-corrected chi connectivity index (χ2v) is 3.07. The molecule has 0 atom stereocenters. The van der Waals surface area contributed by atoms with Crippen molar-refractivity contribution in [2.24, 2.45) is 0 Å². The summed E-state index contributed by atoms with van der Waals surface area (Å²) in [5.74, 6) is 1.55. The zero-order valence-corrected chi connectivity index (χ0v) is 7.79. The van der Waals surface area contributed by atoms with Crippen LogP contribution in [-0.4, -0.2) is 0 Å². The SMILES string of the molecule is CC/C=C/CC[C]1C=CC=CC1. The molecule has 0 aliphatic heterocycles. The van der Waals surface area contributed by atoms with E-state index in [1.807, 2.05) is 0 Å². The normalized spacial score (nSPS) is 17.8. The van der Waals surface area contributed by atoms with Crippen LogP contribution in [0.5, 0.6) is 0 Å². The van der Waals surface area contributed by atoms with Crippen LogP contribution in [0.4, 0.5) is 0 Å². The first-order valence-electron chi connectivity index (χ1n) is 4.76. The number of allylic oxidation sites excluding steroid dienone is 6. The number of hydrogen-bond acceptors (Lipinski definition) is 0. The lowest BCUT2D eigenvalue weighted by Gasteiger charge is -2.09. The van der Waals surface area contributed by atoms with Crippen molar-refractivity contribution in [3.63, 3.8) is 0 Å². The molecule has 0 bridgehead atoms. The Morgan fingerprint density at radius 1 is 1.33 bits per heavy atom. The largest absolute Gasteiger partial charge is 0.0888 e. The monoisotopic (exact) mass is 161 g/mol. The first-order chi connectivity index (χ1) is 5.93. The van der Waals surface area contributed by atoms with Crippen molar-refractivity contribution in [2.45, 2.75) is 32.6 Å². The Hall–Kier alpha value is -0.780. The van der Waals surface area contributed by atoms with Gasteiger partial charge in [-0.2, -0.15) is 0 Å². The molecule has 0 N–H and O–H groups in total. The highest BCUT2D eigenvalue weighted by atomic mass is 14.1. The quantitative estimate of drug-likeness (QED) is 0.550. The second-order valence-electron chi connectivity index (χ2n) is 3.07. The molecule has 1 radical (unpaired) electrons. The van der Waals surface area contributed by atoms with Crippen LogP contribution in [0.1, 0.15) is 32.6 Å². The lowest BCUT2D eigenvalue weighted by Crippen LogP contribution is -1.93. The van der Waals surface area contributed by atoms with Crippen molar-refractivity contribution in [2.75, 3.05) is 0 Å². The first-order valence-corrected chi connectivity index (χ1v) is 4.76. The predicted octanol–water partition coefficient (Wildman–Crippen LogP) is 3.82. The van der Waals surface area contributed by atoms with Gasteiger partial charge >= 0.3 is 0 Å². The molecule has 1 aliphatic rings. The molecule has 0 spiro atoms. The van der Waals surface area contributed by atoms with Crippen LogP contribution in [-0.2, 0) is 0 Å². The molecule has 0 aromatic heterocycles. The maximum Gasteiger partial charge on any atom is 0.00165 e. The third kappa shape index (κ3) is 3.56. The van der Waals surface area contributed by atoms with Gasteiger partial charge in [-0.3, -0.25) is 0 Å². The molecule has 12 heavy (non-hydrogen) atoms. The lowest BCUT2D eigenvalue weighted by molar-refractivity contribution is 0.844. The average Bonchev–Trinajstić information content (AvgIpc) is 2.14. The zero-order valence-electron chi connectivity index (χ0n) is 7.79. The Balaban J connectivity index is 2.11. The van der Waals surface area contributed by atoms with Crippen molar-refractivity contribution in [3.05, 3.63) is 42.4 Å². The molecule has 0 heteroatoms. The van der Waals surface area contributed by atoms with E-state index in [0.717, 1.165) is 12.8 Å². The van der Waals surface area contributed by atoms with Gasteiger partial charge < -0.3 is 0 Å². The Morgan fingerprint density at radius 2 is 2.25 bits per heavy atom. The van der Waals surface area contributed by atoms with Crippen LogP contribution in [0, 0.1) is 5.92 Å². The highest BCUT2D eigenvalue weighted by Gasteiger charge is 2.03. The molecule has 65 valence electrons. The standard InChI is InChI=1S/C12H17/c1-2-3-4-6-9-12-10-7-5-8-11-12/h3-5,7-8,10H,2,6,9,11H2,1H3/b4-3+. The summed E-state index contributed by atoms with van der Waals surface area (Å²) in [6, 6.07) is 0. The van der Waals surface area contributed by atoms with Crippen molar-refractivity contribution in [3.8, 4) is 0 Å². The van der Waals surface area contributed by atoms with Gasteiger partial charge in [0, 0.05) is 5.92 Å². The highest BCUT2D eigenvalue weighted by molar-refractivity contribution is 5.23. The molecule has 0 unspecified atom stereocenters. The van der Waals surface area contributed by atoms with E-state index in [-0.39, 0.29) is 0 Å². The molecule has 0 saturated carbocycles. The fourth-order valence-corrected chi connectivity index (χ4v) is 1.30. The summed E-state index contributed by atoms with van der Waals surface area (Å²) >= 11 is 0. The average molecular weight is 161 g/mol. The highest BCUT2D eigenvalue weighted by Crippen LogP contribution is 2.19. The summed E-state index contributed by atoms with van der Waals surface area (Å²) in [6.45, 7) is 2.17. The minimum Gasteiger partial charge on any atom is -0.0888 e. The van der Waals surface area contributed by atoms with Crippen LogP contribution < -0.4 is 0 Å². The molecule has 0 amide bonds. The fraction of sp³-hybridized carbons (Fsp3) is 0.417. The van der Waals surface area contributed by atoms with E-state index in [4.69, 9.17) is 0 Å². The van der Waals surface area contributed by atoms with E-state index in [0.29, 0.717) is 0 Å². The van der Waals surface area contributed by atoms with E-state index in [2.05, 4.69) is 43.4 Å². The van der Waals surface area contributed by atoms with E-state index in [9.17, 15) is 0 Å². The summed E-state index contributed by atoms with van der Waals surface area (Å²) in [7, 11) is 0. The van der Waals surface area contributed by atoms with E-state index in [1.165, 1.54) is 12.8 Å². The smallest absolute Gasteiger partial charge is 0.00165 e. The Kier molecular flexibility index (Phi) is 4.51. The lowest BCUT2D eigenvalue weighted by atomic mass is 9.96. The van der Waals surface area contributed by atoms with Gasteiger partial charge in [0.15, 0.2) is 0 Å². The van der Waals surface area contributed by atoms with Gasteiger partial charge in [-0.25, -0.2) is 0 Å². The summed E-state index contributed by atoms with van der Waals surface area (Å²) in [4.78, 5) is 0. The maximum absolute atomic E-state index is 2.28. The fourth-order valence-electron chi connectivity index (χ4n) is 1.30. The van der Waals surface area contributed by atoms with Gasteiger partial charge in [0.1, 0.15) is 0 Å². The third-order valence-corrected chi connectivity index (χ3v) is 1.99. The summed E-state index contributed by atoms with van der Waals surface area (Å²) in [5, 5.41) is 0. The minimum absolute atomic E-state index is 1.15. The minimum atomic E-state index is 1.15. The van der Waals surface area contributed by atoms with Crippen molar-refractivity contribution in [1.82, 2.24) is 0 Å². The Morgan fingerprint density at radius 3 is 2.92 bits per heavy atom. The predicted molar refractivity (Wildman–Crippen MR) is 54.8 cm³/mol. The van der Waals surface area contributed by atoms with Gasteiger partial charge in [-0.1, -0.05) is 43.4 Å². The van der Waals surface area contributed by atoms with Crippen LogP contribution in [0.25, 0.3) is 0 Å². The van der Waals surface area contributed by atoms with Gasteiger partial charge in [0.2, 0.25) is 0 Å². The van der Waals surface area contributed by atoms with E-state index >= 15 is 0 Å². The molecule has 0 fully saturated rings. The maximum atomic E-state index is 2.28. The number of rotatable bonds is 4.